The molecule has 1 fully saturated rings. The van der Waals surface area contributed by atoms with E-state index in [-0.39, 0.29) is 0 Å². The largest absolute Gasteiger partial charge is 0.491 e. The monoisotopic (exact) mass is 361 g/mol. The van der Waals surface area contributed by atoms with Crippen LogP contribution in [0.3, 0.4) is 0 Å². The van der Waals surface area contributed by atoms with Gasteiger partial charge < -0.3 is 19.6 Å². The predicted octanol–water partition coefficient (Wildman–Crippen LogP) is 1.79. The van der Waals surface area contributed by atoms with Gasteiger partial charge in [0.15, 0.2) is 0 Å². The molecule has 4 nitrogen and oxygen atoms in total. The van der Waals surface area contributed by atoms with Crippen LogP contribution in [-0.4, -0.2) is 50.5 Å². The maximum absolute atomic E-state index is 10.3. The Morgan fingerprint density at radius 2 is 1.88 bits per heavy atom. The quantitative estimate of drug-likeness (QED) is 0.823. The Bertz CT molecular complexity index is 670. The van der Waals surface area contributed by atoms with E-state index in [0.29, 0.717) is 11.6 Å². The van der Waals surface area contributed by atoms with E-state index in [1.807, 2.05) is 12.1 Å². The Kier molecular flexibility index (Phi) is 6.19. The number of anilines is 1. The number of benzene rings is 2. The number of nitrogens with one attached hydrogen (secondary N) is 1. The zero-order valence-corrected chi connectivity index (χ0v) is 15.4. The number of quaternary nitrogens is 1. The fraction of sp³-hybridized carbons (Fsp3) is 0.400. The second-order valence-electron chi connectivity index (χ2n) is 6.70. The van der Waals surface area contributed by atoms with Crippen LogP contribution in [0.5, 0.6) is 5.75 Å². The maximum Gasteiger partial charge on any atom is 0.137 e. The Morgan fingerprint density at radius 3 is 2.56 bits per heavy atom. The minimum absolute atomic E-state index is 0.312. The van der Waals surface area contributed by atoms with Gasteiger partial charge in [-0.1, -0.05) is 23.7 Å². The molecule has 3 rings (SSSR count). The topological polar surface area (TPSA) is 37.1 Å². The first-order valence-corrected chi connectivity index (χ1v) is 9.19. The molecular formula is C20H26ClN2O2+. The smallest absolute Gasteiger partial charge is 0.137 e. The molecule has 0 aliphatic carbocycles. The molecule has 0 radical (unpaired) electrons. The zero-order chi connectivity index (χ0) is 17.6. The average Bonchev–Trinajstić information content (AvgIpc) is 2.62. The summed E-state index contributed by atoms with van der Waals surface area (Å²) in [7, 11) is 0. The van der Waals surface area contributed by atoms with E-state index in [1.54, 1.807) is 12.1 Å². The Hall–Kier alpha value is -1.75. The van der Waals surface area contributed by atoms with E-state index in [0.717, 1.165) is 38.5 Å². The highest BCUT2D eigenvalue weighted by Gasteiger charge is 2.22. The van der Waals surface area contributed by atoms with Crippen LogP contribution in [0.15, 0.2) is 48.5 Å². The van der Waals surface area contributed by atoms with Crippen LogP contribution in [0.2, 0.25) is 5.02 Å². The second-order valence-corrected chi connectivity index (χ2v) is 7.14. The molecule has 2 N–H and O–H groups in total. The molecule has 0 bridgehead atoms. The molecule has 0 amide bonds. The summed E-state index contributed by atoms with van der Waals surface area (Å²) in [5, 5.41) is 10.9. The van der Waals surface area contributed by atoms with Gasteiger partial charge in [0.2, 0.25) is 0 Å². The number of nitrogens with zero attached hydrogens (tertiary/aromatic N) is 1. The molecule has 0 spiro atoms. The van der Waals surface area contributed by atoms with Crippen molar-refractivity contribution in [1.29, 1.82) is 0 Å². The number of aliphatic hydroxyl groups excluding tert-OH is 1. The molecule has 25 heavy (non-hydrogen) atoms. The third kappa shape index (κ3) is 5.36. The van der Waals surface area contributed by atoms with Crippen molar-refractivity contribution in [2.24, 2.45) is 0 Å². The van der Waals surface area contributed by atoms with Crippen molar-refractivity contribution < 1.29 is 14.7 Å². The lowest BCUT2D eigenvalue weighted by molar-refractivity contribution is -0.903. The zero-order valence-electron chi connectivity index (χ0n) is 14.6. The fourth-order valence-corrected chi connectivity index (χ4v) is 3.35. The van der Waals surface area contributed by atoms with Gasteiger partial charge in [0.1, 0.15) is 25.0 Å². The number of halogens is 1. The van der Waals surface area contributed by atoms with Crippen molar-refractivity contribution in [3.63, 3.8) is 0 Å². The second kappa shape index (κ2) is 8.56. The third-order valence-corrected chi connectivity index (χ3v) is 4.87. The highest BCUT2D eigenvalue weighted by Crippen LogP contribution is 2.16. The number of ether oxygens (including phenoxy) is 1. The lowest BCUT2D eigenvalue weighted by Gasteiger charge is -2.34. The minimum atomic E-state index is -0.462. The Labute approximate surface area is 154 Å². The lowest BCUT2D eigenvalue weighted by Crippen LogP contribution is -3.16. The van der Waals surface area contributed by atoms with Gasteiger partial charge in [0.25, 0.3) is 0 Å². The summed E-state index contributed by atoms with van der Waals surface area (Å²) in [6, 6.07) is 15.9. The molecule has 0 unspecified atom stereocenters. The number of piperazine rings is 1. The van der Waals surface area contributed by atoms with E-state index in [9.17, 15) is 5.11 Å². The number of aryl methyl sites for hydroxylation is 1. The van der Waals surface area contributed by atoms with Crippen molar-refractivity contribution in [3.05, 3.63) is 59.1 Å². The normalized spacial score (nSPS) is 16.7. The number of aliphatic hydroxyl groups is 1. The molecule has 0 aromatic heterocycles. The van der Waals surface area contributed by atoms with Gasteiger partial charge in [-0.25, -0.2) is 0 Å². The average molecular weight is 362 g/mol. The van der Waals surface area contributed by atoms with Crippen LogP contribution >= 0.6 is 11.6 Å². The van der Waals surface area contributed by atoms with Gasteiger partial charge in [0.05, 0.1) is 26.2 Å². The fourth-order valence-electron chi connectivity index (χ4n) is 3.23. The Balaban J connectivity index is 1.41. The van der Waals surface area contributed by atoms with Gasteiger partial charge >= 0.3 is 0 Å². The van der Waals surface area contributed by atoms with Crippen LogP contribution in [0.4, 0.5) is 5.69 Å². The van der Waals surface area contributed by atoms with Crippen molar-refractivity contribution >= 4 is 17.3 Å². The molecule has 1 atom stereocenters. The van der Waals surface area contributed by atoms with Crippen molar-refractivity contribution in [2.75, 3.05) is 44.2 Å². The molecule has 2 aromatic carbocycles. The number of hydrogen-bond acceptors (Lipinski definition) is 3. The van der Waals surface area contributed by atoms with Crippen molar-refractivity contribution in [1.82, 2.24) is 0 Å². The first-order valence-electron chi connectivity index (χ1n) is 8.82. The predicted molar refractivity (Wildman–Crippen MR) is 102 cm³/mol. The minimum Gasteiger partial charge on any atom is -0.491 e. The Morgan fingerprint density at radius 1 is 1.16 bits per heavy atom. The van der Waals surface area contributed by atoms with Gasteiger partial charge in [-0.05, 0) is 48.9 Å². The number of rotatable bonds is 6. The summed E-state index contributed by atoms with van der Waals surface area (Å²) in [5.41, 5.74) is 2.59. The summed E-state index contributed by atoms with van der Waals surface area (Å²) >= 11 is 5.86. The molecule has 5 heteroatoms. The van der Waals surface area contributed by atoms with Crippen molar-refractivity contribution in [3.8, 4) is 5.75 Å². The van der Waals surface area contributed by atoms with Crippen LogP contribution < -0.4 is 14.5 Å². The van der Waals surface area contributed by atoms with Gasteiger partial charge in [-0.15, -0.1) is 0 Å². The van der Waals surface area contributed by atoms with Gasteiger partial charge in [-0.3, -0.25) is 0 Å². The number of hydrogen-bond donors (Lipinski definition) is 2. The summed E-state index contributed by atoms with van der Waals surface area (Å²) < 4.78 is 5.64. The summed E-state index contributed by atoms with van der Waals surface area (Å²) in [6.45, 7) is 7.26. The van der Waals surface area contributed by atoms with E-state index in [1.165, 1.54) is 16.2 Å². The van der Waals surface area contributed by atoms with Crippen LogP contribution in [0, 0.1) is 6.92 Å². The molecule has 134 valence electrons. The van der Waals surface area contributed by atoms with Crippen molar-refractivity contribution in [2.45, 2.75) is 13.0 Å². The molecule has 1 aliphatic rings. The molecule has 0 saturated carbocycles. The van der Waals surface area contributed by atoms with Gasteiger partial charge in [0, 0.05) is 10.7 Å². The first-order chi connectivity index (χ1) is 12.1. The third-order valence-electron chi connectivity index (χ3n) is 4.62. The molecule has 2 aromatic rings. The summed E-state index contributed by atoms with van der Waals surface area (Å²) in [4.78, 5) is 3.85. The molecular weight excluding hydrogens is 336 g/mol. The molecule has 1 aliphatic heterocycles. The SMILES string of the molecule is Cc1cccc(N2CC[NH+](C[C@H](O)COc3ccc(Cl)cc3)CC2)c1. The standard InChI is InChI=1S/C20H25ClN2O2/c1-16-3-2-4-18(13-16)23-11-9-22(10-12-23)14-19(24)15-25-20-7-5-17(21)6-8-20/h2-8,13,19,24H,9-12,14-15H2,1H3/p+1/t19-/m0/s1. The van der Waals surface area contributed by atoms with E-state index >= 15 is 0 Å². The summed E-state index contributed by atoms with van der Waals surface area (Å²) in [5.74, 6) is 0.739. The van der Waals surface area contributed by atoms with Crippen LogP contribution in [-0.2, 0) is 0 Å². The highest BCUT2D eigenvalue weighted by atomic mass is 35.5. The summed E-state index contributed by atoms with van der Waals surface area (Å²) in [6.07, 6.45) is -0.462. The highest BCUT2D eigenvalue weighted by molar-refractivity contribution is 6.30. The van der Waals surface area contributed by atoms with E-state index < -0.39 is 6.10 Å². The van der Waals surface area contributed by atoms with Crippen LogP contribution in [0.1, 0.15) is 5.56 Å². The maximum atomic E-state index is 10.3. The van der Waals surface area contributed by atoms with E-state index in [4.69, 9.17) is 16.3 Å². The van der Waals surface area contributed by atoms with Crippen LogP contribution in [0.25, 0.3) is 0 Å². The van der Waals surface area contributed by atoms with Gasteiger partial charge in [-0.2, -0.15) is 0 Å². The molecule has 1 saturated heterocycles. The first kappa shape index (κ1) is 18.1. The molecule has 1 heterocycles. The lowest BCUT2D eigenvalue weighted by atomic mass is 10.2. The van der Waals surface area contributed by atoms with E-state index in [2.05, 4.69) is 36.1 Å².